The summed E-state index contributed by atoms with van der Waals surface area (Å²) >= 11 is 0. The molecular weight excluding hydrogens is 268 g/mol. The molecule has 1 aliphatic heterocycles. The maximum atomic E-state index is 5.76. The summed E-state index contributed by atoms with van der Waals surface area (Å²) in [5, 5.41) is 0. The highest BCUT2D eigenvalue weighted by Crippen LogP contribution is 2.34. The van der Waals surface area contributed by atoms with Crippen LogP contribution in [0.15, 0.2) is 34.9 Å². The zero-order chi connectivity index (χ0) is 14.7. The van der Waals surface area contributed by atoms with Gasteiger partial charge in [-0.2, -0.15) is 0 Å². The third-order valence-electron chi connectivity index (χ3n) is 3.68. The Morgan fingerprint density at radius 2 is 2.00 bits per heavy atom. The Balaban J connectivity index is 1.96. The highest BCUT2D eigenvalue weighted by Gasteiger charge is 2.20. The molecule has 21 heavy (non-hydrogen) atoms. The van der Waals surface area contributed by atoms with E-state index in [-0.39, 0.29) is 6.04 Å². The fourth-order valence-corrected chi connectivity index (χ4v) is 2.62. The van der Waals surface area contributed by atoms with Crippen molar-refractivity contribution in [2.75, 3.05) is 13.2 Å². The summed E-state index contributed by atoms with van der Waals surface area (Å²) in [5.74, 6) is 8.26. The molecule has 1 unspecified atom stereocenters. The van der Waals surface area contributed by atoms with Crippen LogP contribution in [0.1, 0.15) is 36.3 Å². The number of furan rings is 1. The largest absolute Gasteiger partial charge is 0.490 e. The summed E-state index contributed by atoms with van der Waals surface area (Å²) in [6.07, 6.45) is 3.41. The molecule has 112 valence electrons. The average molecular weight is 288 g/mol. The first-order chi connectivity index (χ1) is 10.3. The van der Waals surface area contributed by atoms with Gasteiger partial charge in [-0.1, -0.05) is 13.0 Å². The van der Waals surface area contributed by atoms with E-state index in [0.717, 1.165) is 41.2 Å². The van der Waals surface area contributed by atoms with E-state index >= 15 is 0 Å². The normalized spacial score (nSPS) is 15.5. The molecule has 0 saturated carbocycles. The molecule has 5 heteroatoms. The molecule has 0 spiro atoms. The second-order valence-corrected chi connectivity index (χ2v) is 5.01. The maximum Gasteiger partial charge on any atom is 0.161 e. The molecule has 0 radical (unpaired) electrons. The van der Waals surface area contributed by atoms with Crippen molar-refractivity contribution in [1.82, 2.24) is 5.43 Å². The van der Waals surface area contributed by atoms with E-state index in [2.05, 4.69) is 12.3 Å². The van der Waals surface area contributed by atoms with Crippen molar-refractivity contribution in [3.63, 3.8) is 0 Å². The van der Waals surface area contributed by atoms with Gasteiger partial charge in [0.15, 0.2) is 11.5 Å². The molecule has 2 aromatic rings. The molecule has 1 aliphatic rings. The van der Waals surface area contributed by atoms with Crippen LogP contribution in [-0.4, -0.2) is 13.2 Å². The van der Waals surface area contributed by atoms with Crippen molar-refractivity contribution >= 4 is 0 Å². The monoisotopic (exact) mass is 288 g/mol. The predicted molar refractivity (Wildman–Crippen MR) is 79.3 cm³/mol. The molecule has 1 aromatic carbocycles. The van der Waals surface area contributed by atoms with Crippen LogP contribution in [0.5, 0.6) is 11.5 Å². The third-order valence-corrected chi connectivity index (χ3v) is 3.68. The van der Waals surface area contributed by atoms with E-state index in [1.165, 1.54) is 0 Å². The van der Waals surface area contributed by atoms with Crippen molar-refractivity contribution in [2.45, 2.75) is 25.8 Å². The van der Waals surface area contributed by atoms with Gasteiger partial charge in [-0.3, -0.25) is 5.84 Å². The Morgan fingerprint density at radius 3 is 2.76 bits per heavy atom. The molecule has 0 fully saturated rings. The zero-order valence-electron chi connectivity index (χ0n) is 12.1. The maximum absolute atomic E-state index is 5.76. The Labute approximate surface area is 124 Å². The molecule has 0 bridgehead atoms. The number of hydrogen-bond donors (Lipinski definition) is 2. The van der Waals surface area contributed by atoms with E-state index in [4.69, 9.17) is 19.7 Å². The van der Waals surface area contributed by atoms with Crippen molar-refractivity contribution in [2.24, 2.45) is 5.84 Å². The van der Waals surface area contributed by atoms with Crippen LogP contribution in [-0.2, 0) is 6.42 Å². The summed E-state index contributed by atoms with van der Waals surface area (Å²) in [7, 11) is 0. The molecule has 3 rings (SSSR count). The topological polar surface area (TPSA) is 69.7 Å². The number of ether oxygens (including phenoxy) is 2. The Morgan fingerprint density at radius 1 is 1.19 bits per heavy atom. The number of fused-ring (bicyclic) bond motifs is 1. The van der Waals surface area contributed by atoms with Crippen molar-refractivity contribution < 1.29 is 13.9 Å². The minimum absolute atomic E-state index is 0.129. The second kappa shape index (κ2) is 6.20. The lowest BCUT2D eigenvalue weighted by Gasteiger charge is -2.18. The number of aryl methyl sites for hydroxylation is 1. The Hall–Kier alpha value is -1.98. The summed E-state index contributed by atoms with van der Waals surface area (Å²) in [4.78, 5) is 0. The molecular formula is C16H20N2O3. The van der Waals surface area contributed by atoms with Gasteiger partial charge in [0, 0.05) is 18.4 Å². The first kappa shape index (κ1) is 14.0. The molecule has 0 aliphatic carbocycles. The lowest BCUT2D eigenvalue weighted by atomic mass is 9.98. The van der Waals surface area contributed by atoms with E-state index in [0.29, 0.717) is 13.2 Å². The number of hydrogen-bond acceptors (Lipinski definition) is 5. The van der Waals surface area contributed by atoms with Crippen LogP contribution >= 0.6 is 0 Å². The van der Waals surface area contributed by atoms with Crippen molar-refractivity contribution in [3.05, 3.63) is 47.4 Å². The lowest BCUT2D eigenvalue weighted by Crippen LogP contribution is -2.29. The second-order valence-electron chi connectivity index (χ2n) is 5.01. The summed E-state index contributed by atoms with van der Waals surface area (Å²) < 4.78 is 16.9. The van der Waals surface area contributed by atoms with Gasteiger partial charge in [-0.25, -0.2) is 5.43 Å². The first-order valence-corrected chi connectivity index (χ1v) is 7.25. The molecule has 1 atom stereocenters. The summed E-state index contributed by atoms with van der Waals surface area (Å²) in [5.41, 5.74) is 4.94. The van der Waals surface area contributed by atoms with E-state index in [9.17, 15) is 0 Å². The van der Waals surface area contributed by atoms with Gasteiger partial charge >= 0.3 is 0 Å². The Kier molecular flexibility index (Phi) is 4.13. The van der Waals surface area contributed by atoms with Crippen molar-refractivity contribution in [3.8, 4) is 11.5 Å². The third kappa shape index (κ3) is 2.75. The van der Waals surface area contributed by atoms with E-state index in [1.807, 2.05) is 24.3 Å². The number of benzene rings is 1. The van der Waals surface area contributed by atoms with Gasteiger partial charge in [0.05, 0.1) is 25.5 Å². The highest BCUT2D eigenvalue weighted by molar-refractivity contribution is 5.46. The molecule has 0 amide bonds. The highest BCUT2D eigenvalue weighted by atomic mass is 16.5. The van der Waals surface area contributed by atoms with Gasteiger partial charge in [-0.15, -0.1) is 0 Å². The van der Waals surface area contributed by atoms with Gasteiger partial charge < -0.3 is 13.9 Å². The SMILES string of the molecule is CCc1occc1C(NN)c1ccc2c(c1)OCCCO2. The van der Waals surface area contributed by atoms with E-state index in [1.54, 1.807) is 6.26 Å². The molecule has 1 aromatic heterocycles. The zero-order valence-corrected chi connectivity index (χ0v) is 12.1. The summed E-state index contributed by atoms with van der Waals surface area (Å²) in [6.45, 7) is 3.42. The molecule has 2 heterocycles. The fourth-order valence-electron chi connectivity index (χ4n) is 2.62. The van der Waals surface area contributed by atoms with Crippen LogP contribution in [0, 0.1) is 0 Å². The van der Waals surface area contributed by atoms with Crippen LogP contribution in [0.3, 0.4) is 0 Å². The van der Waals surface area contributed by atoms with Crippen molar-refractivity contribution in [1.29, 1.82) is 0 Å². The number of nitrogens with one attached hydrogen (secondary N) is 1. The number of rotatable bonds is 4. The minimum Gasteiger partial charge on any atom is -0.490 e. The predicted octanol–water partition coefficient (Wildman–Crippen LogP) is 2.56. The summed E-state index contributed by atoms with van der Waals surface area (Å²) in [6, 6.07) is 7.75. The molecule has 5 nitrogen and oxygen atoms in total. The van der Waals surface area contributed by atoms with Crippen LogP contribution in [0.4, 0.5) is 0 Å². The number of hydrazine groups is 1. The minimum atomic E-state index is -0.129. The number of nitrogens with two attached hydrogens (primary N) is 1. The smallest absolute Gasteiger partial charge is 0.161 e. The van der Waals surface area contributed by atoms with Crippen LogP contribution in [0.2, 0.25) is 0 Å². The lowest BCUT2D eigenvalue weighted by molar-refractivity contribution is 0.297. The fraction of sp³-hybridized carbons (Fsp3) is 0.375. The molecule has 3 N–H and O–H groups in total. The Bertz CT molecular complexity index is 609. The quantitative estimate of drug-likeness (QED) is 0.668. The molecule has 0 saturated heterocycles. The van der Waals surface area contributed by atoms with Crippen LogP contribution in [0.25, 0.3) is 0 Å². The van der Waals surface area contributed by atoms with Gasteiger partial charge in [0.2, 0.25) is 0 Å². The van der Waals surface area contributed by atoms with Gasteiger partial charge in [0.25, 0.3) is 0 Å². The average Bonchev–Trinajstić information content (AvgIpc) is 2.85. The van der Waals surface area contributed by atoms with Gasteiger partial charge in [-0.05, 0) is 23.8 Å². The van der Waals surface area contributed by atoms with E-state index < -0.39 is 0 Å². The standard InChI is InChI=1S/C16H20N2O3/c1-2-13-12(6-9-21-13)16(18-17)11-4-5-14-15(10-11)20-8-3-7-19-14/h4-6,9-10,16,18H,2-3,7-8,17H2,1H3. The van der Waals surface area contributed by atoms with Crippen LogP contribution < -0.4 is 20.7 Å². The van der Waals surface area contributed by atoms with Gasteiger partial charge in [0.1, 0.15) is 5.76 Å². The first-order valence-electron chi connectivity index (χ1n) is 7.25.